The van der Waals surface area contributed by atoms with Gasteiger partial charge in [0.05, 0.1) is 26.6 Å². The first-order valence-corrected chi connectivity index (χ1v) is 9.51. The fraction of sp³-hybridized carbons (Fsp3) is 0.0526. The summed E-state index contributed by atoms with van der Waals surface area (Å²) in [5.74, 6) is 0.444. The number of benzene rings is 1. The molecule has 6 nitrogen and oxygen atoms in total. The number of aromatic nitrogens is 3. The van der Waals surface area contributed by atoms with Gasteiger partial charge in [0.15, 0.2) is 5.82 Å². The minimum atomic E-state index is -0.240. The molecule has 0 amide bonds. The molecule has 0 aliphatic heterocycles. The van der Waals surface area contributed by atoms with Gasteiger partial charge < -0.3 is 4.98 Å². The third kappa shape index (κ3) is 2.89. The summed E-state index contributed by atoms with van der Waals surface area (Å²) in [5.41, 5.74) is 3.09. The Balaban J connectivity index is 2.01. The minimum Gasteiger partial charge on any atom is -0.338 e. The van der Waals surface area contributed by atoms with Crippen molar-refractivity contribution in [3.63, 3.8) is 0 Å². The largest absolute Gasteiger partial charge is 0.338 e. The minimum absolute atomic E-state index is 0.240. The number of hydrogen-bond donors (Lipinski definition) is 1. The number of nitriles is 1. The quantitative estimate of drug-likeness (QED) is 0.421. The van der Waals surface area contributed by atoms with Crippen LogP contribution in [0.5, 0.6) is 0 Å². The molecular weight excluding hydrogens is 474 g/mol. The predicted octanol–water partition coefficient (Wildman–Crippen LogP) is 4.63. The lowest BCUT2D eigenvalue weighted by molar-refractivity contribution is 1.11. The Labute approximate surface area is 170 Å². The molecule has 27 heavy (non-hydrogen) atoms. The highest BCUT2D eigenvalue weighted by Gasteiger charge is 2.17. The van der Waals surface area contributed by atoms with Gasteiger partial charge in [0, 0.05) is 16.9 Å². The molecule has 1 N–H and O–H groups in total. The third-order valence-corrected chi connectivity index (χ3v) is 5.30. The van der Waals surface area contributed by atoms with E-state index in [0.717, 1.165) is 9.99 Å². The molecule has 4 aromatic rings. The van der Waals surface area contributed by atoms with Gasteiger partial charge in [0.1, 0.15) is 11.7 Å². The Hall–Kier alpha value is -2.76. The zero-order chi connectivity index (χ0) is 19.1. The fourth-order valence-corrected chi connectivity index (χ4v) is 4.06. The number of rotatable bonds is 2. The van der Waals surface area contributed by atoms with Crippen molar-refractivity contribution in [2.75, 3.05) is 0 Å². The maximum atomic E-state index is 13.2. The molecule has 0 unspecified atom stereocenters. The van der Waals surface area contributed by atoms with Crippen molar-refractivity contribution in [1.82, 2.24) is 14.4 Å². The fourth-order valence-electron chi connectivity index (χ4n) is 2.97. The van der Waals surface area contributed by atoms with E-state index in [4.69, 9.17) is 0 Å². The predicted molar refractivity (Wildman–Crippen MR) is 112 cm³/mol. The normalized spacial score (nSPS) is 11.5. The molecule has 0 saturated heterocycles. The van der Waals surface area contributed by atoms with E-state index >= 15 is 0 Å². The van der Waals surface area contributed by atoms with Gasteiger partial charge in [-0.1, -0.05) is 12.1 Å². The molecule has 0 atom stereocenters. The first kappa shape index (κ1) is 17.6. The molecule has 132 valence electrons. The lowest BCUT2D eigenvalue weighted by Gasteiger charge is -2.05. The lowest BCUT2D eigenvalue weighted by atomic mass is 10.1. The number of nitrogens with zero attached hydrogens (tertiary/aromatic N) is 4. The molecule has 0 aliphatic rings. The summed E-state index contributed by atoms with van der Waals surface area (Å²) >= 11 is 6.75. The van der Waals surface area contributed by atoms with Crippen LogP contribution in [-0.2, 0) is 0 Å². The number of para-hydroxylation sites is 2. The van der Waals surface area contributed by atoms with Crippen molar-refractivity contribution in [3.05, 3.63) is 72.5 Å². The van der Waals surface area contributed by atoms with Crippen LogP contribution in [0.25, 0.3) is 16.7 Å². The monoisotopic (exact) mass is 483 g/mol. The van der Waals surface area contributed by atoms with Gasteiger partial charge in [-0.3, -0.25) is 9.20 Å². The second-order valence-corrected chi connectivity index (χ2v) is 7.64. The summed E-state index contributed by atoms with van der Waals surface area (Å²) in [5, 5.41) is 9.66. The van der Waals surface area contributed by atoms with Crippen molar-refractivity contribution in [3.8, 4) is 6.07 Å². The zero-order valence-electron chi connectivity index (χ0n) is 14.0. The molecule has 0 aliphatic carbocycles. The van der Waals surface area contributed by atoms with Gasteiger partial charge in [-0.2, -0.15) is 5.26 Å². The molecule has 4 rings (SSSR count). The number of H-pyrrole nitrogens is 1. The summed E-state index contributed by atoms with van der Waals surface area (Å²) in [7, 11) is 0. The SMILES string of the molecule is Cc1c(C=Nc2ncc(Br)cc2Br)c(=O)n2c([nH]c3ccccc32)c1C#N. The highest BCUT2D eigenvalue weighted by atomic mass is 79.9. The van der Waals surface area contributed by atoms with Gasteiger partial charge >= 0.3 is 0 Å². The Morgan fingerprint density at radius 3 is 2.85 bits per heavy atom. The van der Waals surface area contributed by atoms with Crippen LogP contribution in [0.2, 0.25) is 0 Å². The summed E-state index contributed by atoms with van der Waals surface area (Å²) < 4.78 is 3.03. The number of fused-ring (bicyclic) bond motifs is 3. The average molecular weight is 485 g/mol. The molecule has 1 aromatic carbocycles. The maximum Gasteiger partial charge on any atom is 0.265 e. The van der Waals surface area contributed by atoms with Gasteiger partial charge in [-0.25, -0.2) is 9.98 Å². The molecular formula is C19H11Br2N5O. The number of aromatic amines is 1. The number of pyridine rings is 2. The maximum absolute atomic E-state index is 13.2. The number of aliphatic imine (C=N–C) groups is 1. The highest BCUT2D eigenvalue weighted by molar-refractivity contribution is 9.11. The van der Waals surface area contributed by atoms with Crippen molar-refractivity contribution in [1.29, 1.82) is 5.26 Å². The first-order chi connectivity index (χ1) is 13.0. The molecule has 0 saturated carbocycles. The van der Waals surface area contributed by atoms with E-state index in [2.05, 4.69) is 52.9 Å². The molecule has 3 heterocycles. The summed E-state index contributed by atoms with van der Waals surface area (Å²) in [6, 6.07) is 11.5. The van der Waals surface area contributed by atoms with Crippen LogP contribution in [0, 0.1) is 18.3 Å². The standard InChI is InChI=1S/C19H11Br2N5O/c1-10-12(7-22)18-25-15-4-2-3-5-16(15)26(18)19(27)13(10)9-24-17-14(21)6-11(20)8-23-17/h2-6,8-9,25H,1H3. The molecule has 3 aromatic heterocycles. The van der Waals surface area contributed by atoms with Gasteiger partial charge in [-0.05, 0) is 62.5 Å². The number of halogens is 2. The molecule has 0 bridgehead atoms. The second kappa shape index (κ2) is 6.76. The van der Waals surface area contributed by atoms with E-state index in [-0.39, 0.29) is 5.56 Å². The van der Waals surface area contributed by atoms with Crippen LogP contribution < -0.4 is 5.56 Å². The molecule has 0 spiro atoms. The summed E-state index contributed by atoms with van der Waals surface area (Å²) in [6.45, 7) is 1.75. The molecule has 0 radical (unpaired) electrons. The van der Waals surface area contributed by atoms with E-state index in [1.165, 1.54) is 10.6 Å². The van der Waals surface area contributed by atoms with E-state index in [1.807, 2.05) is 30.3 Å². The van der Waals surface area contributed by atoms with Crippen LogP contribution >= 0.6 is 31.9 Å². The van der Waals surface area contributed by atoms with Gasteiger partial charge in [0.2, 0.25) is 0 Å². The average Bonchev–Trinajstić information content (AvgIpc) is 3.03. The van der Waals surface area contributed by atoms with Crippen molar-refractivity contribution < 1.29 is 0 Å². The molecule has 0 fully saturated rings. The van der Waals surface area contributed by atoms with Crippen LogP contribution in [0.15, 0.2) is 55.3 Å². The molecule has 8 heteroatoms. The van der Waals surface area contributed by atoms with Gasteiger partial charge in [0.25, 0.3) is 5.56 Å². The Morgan fingerprint density at radius 2 is 2.11 bits per heavy atom. The topological polar surface area (TPSA) is 86.3 Å². The van der Waals surface area contributed by atoms with E-state index in [9.17, 15) is 10.1 Å². The van der Waals surface area contributed by atoms with Crippen LogP contribution in [-0.4, -0.2) is 20.6 Å². The zero-order valence-corrected chi connectivity index (χ0v) is 17.2. The van der Waals surface area contributed by atoms with Crippen LogP contribution in [0.4, 0.5) is 5.82 Å². The Kier molecular flexibility index (Phi) is 4.42. The van der Waals surface area contributed by atoms with Crippen LogP contribution in [0.3, 0.4) is 0 Å². The van der Waals surface area contributed by atoms with Gasteiger partial charge in [-0.15, -0.1) is 0 Å². The van der Waals surface area contributed by atoms with E-state index in [0.29, 0.717) is 38.1 Å². The summed E-state index contributed by atoms with van der Waals surface area (Å²) in [4.78, 5) is 24.9. The number of imidazole rings is 1. The van der Waals surface area contributed by atoms with Crippen molar-refractivity contribution in [2.45, 2.75) is 6.92 Å². The number of nitrogens with one attached hydrogen (secondary N) is 1. The second-order valence-electron chi connectivity index (χ2n) is 5.87. The van der Waals surface area contributed by atoms with E-state index in [1.54, 1.807) is 13.1 Å². The van der Waals surface area contributed by atoms with E-state index < -0.39 is 0 Å². The summed E-state index contributed by atoms with van der Waals surface area (Å²) in [6.07, 6.45) is 3.09. The number of hydrogen-bond acceptors (Lipinski definition) is 4. The van der Waals surface area contributed by atoms with Crippen LogP contribution in [0.1, 0.15) is 16.7 Å². The van der Waals surface area contributed by atoms with Crippen molar-refractivity contribution in [2.24, 2.45) is 4.99 Å². The van der Waals surface area contributed by atoms with Crippen molar-refractivity contribution >= 4 is 60.6 Å². The smallest absolute Gasteiger partial charge is 0.265 e. The third-order valence-electron chi connectivity index (χ3n) is 4.29. The lowest BCUT2D eigenvalue weighted by Crippen LogP contribution is -2.20. The first-order valence-electron chi connectivity index (χ1n) is 7.92. The highest BCUT2D eigenvalue weighted by Crippen LogP contribution is 2.26. The Bertz CT molecular complexity index is 1340. The Morgan fingerprint density at radius 1 is 1.33 bits per heavy atom.